The van der Waals surface area contributed by atoms with Gasteiger partial charge in [0, 0.05) is 0 Å². The zero-order valence-corrected chi connectivity index (χ0v) is 46.7. The molecule has 65 heavy (non-hydrogen) atoms. The Morgan fingerprint density at radius 2 is 0.585 bits per heavy atom. The minimum Gasteiger partial charge on any atom is -0.744 e. The summed E-state index contributed by atoms with van der Waals surface area (Å²) in [6.07, 6.45) is 38.6. The summed E-state index contributed by atoms with van der Waals surface area (Å²) >= 11 is 0. The third-order valence-electron chi connectivity index (χ3n) is 13.0. The molecule has 4 rings (SSSR count). The first-order chi connectivity index (χ1) is 30.9. The molecule has 0 atom stereocenters. The second kappa shape index (κ2) is 34.4. The van der Waals surface area contributed by atoms with Crippen molar-refractivity contribution in [1.29, 1.82) is 0 Å². The molecule has 0 amide bonds. The first-order valence-corrected chi connectivity index (χ1v) is 28.8. The SMILES string of the molecule is CCCCCCCCCc1cccc2cc(S(=O)(=O)[O-])cc(CCCCCCCCC)c12.CCCCCCCCCc1cccc2cc(S(=O)(=O)[O-])cc(CCCCCCCCC)c12.[Pb+2]. The average Bonchev–Trinajstić information content (AvgIpc) is 3.27. The largest absolute Gasteiger partial charge is 2.00 e. The van der Waals surface area contributed by atoms with Gasteiger partial charge in [0.2, 0.25) is 0 Å². The number of benzene rings is 4. The summed E-state index contributed by atoms with van der Waals surface area (Å²) in [7, 11) is -8.91. The Morgan fingerprint density at radius 3 is 0.846 bits per heavy atom. The number of unbranched alkanes of at least 4 members (excludes halogenated alkanes) is 24. The fourth-order valence-electron chi connectivity index (χ4n) is 9.33. The van der Waals surface area contributed by atoms with Gasteiger partial charge < -0.3 is 9.11 Å². The van der Waals surface area contributed by atoms with Crippen LogP contribution in [0.5, 0.6) is 0 Å². The molecule has 9 heteroatoms. The summed E-state index contributed by atoms with van der Waals surface area (Å²) < 4.78 is 70.5. The summed E-state index contributed by atoms with van der Waals surface area (Å²) in [6.45, 7) is 8.95. The van der Waals surface area contributed by atoms with E-state index >= 15 is 0 Å². The van der Waals surface area contributed by atoms with E-state index in [0.29, 0.717) is 0 Å². The minimum absolute atomic E-state index is 0. The average molecular weight is 1130 g/mol. The van der Waals surface area contributed by atoms with Gasteiger partial charge in [-0.25, -0.2) is 16.8 Å². The minimum atomic E-state index is -4.46. The number of aryl methyl sites for hydroxylation is 4. The fourth-order valence-corrected chi connectivity index (χ4v) is 10.4. The van der Waals surface area contributed by atoms with E-state index in [1.54, 1.807) is 24.3 Å². The number of hydrogen-bond donors (Lipinski definition) is 0. The first kappa shape index (κ1) is 59.3. The standard InChI is InChI=1S/2C28H44O3S.Pb/c2*1-3-5-7-9-11-13-15-18-24-20-17-21-26-23-27(32(29,30)31)22-25(28(24)26)19-16-14-12-10-8-6-4-2;/h2*17,20-23H,3-16,18-19H2,1-2H3,(H,29,30,31);/q;;+2/p-2. The van der Waals surface area contributed by atoms with Crippen molar-refractivity contribution < 1.29 is 25.9 Å². The molecule has 0 bridgehead atoms. The molecule has 0 fully saturated rings. The van der Waals surface area contributed by atoms with Crippen LogP contribution in [0, 0.1) is 0 Å². The van der Waals surface area contributed by atoms with Crippen molar-refractivity contribution in [3.63, 3.8) is 0 Å². The van der Waals surface area contributed by atoms with E-state index in [9.17, 15) is 25.9 Å². The molecule has 362 valence electrons. The Hall–Kier alpha value is -1.86. The van der Waals surface area contributed by atoms with Gasteiger partial charge in [0.15, 0.2) is 0 Å². The monoisotopic (exact) mass is 1130 g/mol. The summed E-state index contributed by atoms with van der Waals surface area (Å²) in [5.74, 6) is 0. The Kier molecular flexibility index (Phi) is 31.4. The molecule has 0 N–H and O–H groups in total. The molecule has 6 nitrogen and oxygen atoms in total. The van der Waals surface area contributed by atoms with Crippen molar-refractivity contribution >= 4 is 69.1 Å². The molecule has 0 saturated heterocycles. The molecule has 0 unspecified atom stereocenters. The normalized spacial score (nSPS) is 11.8. The Labute approximate surface area is 418 Å². The van der Waals surface area contributed by atoms with Crippen LogP contribution < -0.4 is 0 Å². The van der Waals surface area contributed by atoms with Crippen molar-refractivity contribution in [1.82, 2.24) is 0 Å². The summed E-state index contributed by atoms with van der Waals surface area (Å²) in [4.78, 5) is -0.174. The molecule has 0 aliphatic carbocycles. The third kappa shape index (κ3) is 23.3. The van der Waals surface area contributed by atoms with Crippen molar-refractivity contribution in [3.8, 4) is 0 Å². The topological polar surface area (TPSA) is 114 Å². The van der Waals surface area contributed by atoms with Gasteiger partial charge >= 0.3 is 27.3 Å². The van der Waals surface area contributed by atoms with E-state index in [1.807, 2.05) is 24.3 Å². The van der Waals surface area contributed by atoms with Crippen LogP contribution in [0.2, 0.25) is 0 Å². The van der Waals surface area contributed by atoms with Crippen LogP contribution in [0.1, 0.15) is 230 Å². The molecular formula is C56H86O6PbS2. The molecule has 0 heterocycles. The zero-order valence-electron chi connectivity index (χ0n) is 41.2. The number of fused-ring (bicyclic) bond motifs is 2. The van der Waals surface area contributed by atoms with E-state index in [2.05, 4.69) is 39.8 Å². The predicted molar refractivity (Wildman–Crippen MR) is 276 cm³/mol. The maximum absolute atomic E-state index is 11.8. The van der Waals surface area contributed by atoms with Gasteiger partial charge in [-0.05, 0) is 119 Å². The molecule has 0 aromatic heterocycles. The van der Waals surface area contributed by atoms with Crippen LogP contribution in [0.25, 0.3) is 21.5 Å². The predicted octanol–water partition coefficient (Wildman–Crippen LogP) is 16.3. The Bertz CT molecular complexity index is 1960. The van der Waals surface area contributed by atoms with Gasteiger partial charge in [-0.15, -0.1) is 0 Å². The molecule has 2 radical (unpaired) electrons. The second-order valence-corrected chi connectivity index (χ2v) is 21.3. The third-order valence-corrected chi connectivity index (χ3v) is 14.6. The van der Waals surface area contributed by atoms with Crippen molar-refractivity contribution in [2.75, 3.05) is 0 Å². The number of hydrogen-bond acceptors (Lipinski definition) is 6. The van der Waals surface area contributed by atoms with Crippen molar-refractivity contribution in [3.05, 3.63) is 82.9 Å². The van der Waals surface area contributed by atoms with Crippen molar-refractivity contribution in [2.45, 2.75) is 243 Å². The molecule has 4 aromatic rings. The molecule has 0 spiro atoms. The van der Waals surface area contributed by atoms with Gasteiger partial charge in [0.1, 0.15) is 20.2 Å². The molecule has 0 saturated carbocycles. The maximum Gasteiger partial charge on any atom is 2.00 e. The maximum atomic E-state index is 11.8. The molecule has 0 aliphatic rings. The van der Waals surface area contributed by atoms with Gasteiger partial charge in [-0.1, -0.05) is 218 Å². The van der Waals surface area contributed by atoms with Gasteiger partial charge in [-0.3, -0.25) is 0 Å². The summed E-state index contributed by atoms with van der Waals surface area (Å²) in [5.41, 5.74) is 4.65. The van der Waals surface area contributed by atoms with E-state index < -0.39 is 20.2 Å². The second-order valence-electron chi connectivity index (χ2n) is 18.6. The number of rotatable bonds is 34. The molecular weight excluding hydrogens is 1040 g/mol. The molecule has 4 aromatic carbocycles. The Morgan fingerprint density at radius 1 is 0.338 bits per heavy atom. The molecule has 0 aliphatic heterocycles. The zero-order chi connectivity index (χ0) is 46.5. The van der Waals surface area contributed by atoms with E-state index in [-0.39, 0.29) is 37.1 Å². The van der Waals surface area contributed by atoms with Crippen LogP contribution in [-0.4, -0.2) is 53.2 Å². The van der Waals surface area contributed by atoms with E-state index in [1.165, 1.54) is 163 Å². The van der Waals surface area contributed by atoms with Gasteiger partial charge in [-0.2, -0.15) is 0 Å². The van der Waals surface area contributed by atoms with E-state index in [0.717, 1.165) is 86.1 Å². The summed E-state index contributed by atoms with van der Waals surface area (Å²) in [6, 6.07) is 18.7. The van der Waals surface area contributed by atoms with E-state index in [4.69, 9.17) is 0 Å². The van der Waals surface area contributed by atoms with Crippen LogP contribution >= 0.6 is 0 Å². The first-order valence-electron chi connectivity index (χ1n) is 25.9. The van der Waals surface area contributed by atoms with Crippen molar-refractivity contribution in [2.24, 2.45) is 0 Å². The Balaban J connectivity index is 0.000000440. The van der Waals surface area contributed by atoms with Crippen LogP contribution in [0.3, 0.4) is 0 Å². The van der Waals surface area contributed by atoms with Gasteiger partial charge in [0.25, 0.3) is 0 Å². The quantitative estimate of drug-likeness (QED) is 0.0261. The van der Waals surface area contributed by atoms with Crippen LogP contribution in [0.4, 0.5) is 0 Å². The summed E-state index contributed by atoms with van der Waals surface area (Å²) in [5, 5.41) is 4.13. The van der Waals surface area contributed by atoms with Crippen LogP contribution in [0.15, 0.2) is 70.5 Å². The smallest absolute Gasteiger partial charge is 0.744 e. The van der Waals surface area contributed by atoms with Crippen LogP contribution in [-0.2, 0) is 45.9 Å². The van der Waals surface area contributed by atoms with Gasteiger partial charge in [0.05, 0.1) is 9.79 Å². The fraction of sp³-hybridized carbons (Fsp3) is 0.643.